The fraction of sp³-hybridized carbons (Fsp3) is 0.227. The van der Waals surface area contributed by atoms with Gasteiger partial charge in [0.25, 0.3) is 0 Å². The summed E-state index contributed by atoms with van der Waals surface area (Å²) < 4.78 is 0. The molecule has 0 aliphatic rings. The largest absolute Gasteiger partial charge is 0.481 e. The van der Waals surface area contributed by atoms with Crippen LogP contribution in [-0.4, -0.2) is 21.8 Å². The molecule has 0 unspecified atom stereocenters. The van der Waals surface area contributed by atoms with E-state index in [-0.39, 0.29) is 12.2 Å². The van der Waals surface area contributed by atoms with Gasteiger partial charge >= 0.3 is 5.97 Å². The van der Waals surface area contributed by atoms with E-state index in [0.29, 0.717) is 17.1 Å². The molecule has 0 aliphatic carbocycles. The minimum atomic E-state index is -0.933. The number of carboxylic acids is 1. The average Bonchev–Trinajstić information content (AvgIpc) is 3.14. The Balaban J connectivity index is 1.44. The van der Waals surface area contributed by atoms with Crippen molar-refractivity contribution < 1.29 is 14.7 Å². The van der Waals surface area contributed by atoms with Gasteiger partial charge in [-0.05, 0) is 36.0 Å². The number of hydrogen-bond donors (Lipinski definition) is 1. The Kier molecular flexibility index (Phi) is 6.49. The van der Waals surface area contributed by atoms with Crippen molar-refractivity contribution in [1.29, 1.82) is 0 Å². The highest BCUT2D eigenvalue weighted by atomic mass is 32.1. The van der Waals surface area contributed by atoms with Gasteiger partial charge < -0.3 is 5.11 Å². The van der Waals surface area contributed by atoms with Crippen LogP contribution in [-0.2, 0) is 17.6 Å². The van der Waals surface area contributed by atoms with Crippen molar-refractivity contribution in [3.63, 3.8) is 0 Å². The summed E-state index contributed by atoms with van der Waals surface area (Å²) in [6.45, 7) is 0. The summed E-state index contributed by atoms with van der Waals surface area (Å²) in [5.74, 6) is -0.936. The van der Waals surface area contributed by atoms with Gasteiger partial charge in [0.2, 0.25) is 0 Å². The molecule has 1 aromatic heterocycles. The number of aliphatic carboxylic acids is 1. The van der Waals surface area contributed by atoms with Crippen LogP contribution in [0.25, 0.3) is 11.1 Å². The first kappa shape index (κ1) is 19.0. The van der Waals surface area contributed by atoms with Gasteiger partial charge in [0.05, 0.1) is 12.1 Å². The van der Waals surface area contributed by atoms with Crippen LogP contribution in [0, 0.1) is 0 Å². The first-order valence-corrected chi connectivity index (χ1v) is 9.83. The van der Waals surface area contributed by atoms with E-state index < -0.39 is 5.97 Å². The second kappa shape index (κ2) is 9.24. The molecule has 4 nitrogen and oxygen atoms in total. The highest BCUT2D eigenvalue weighted by Gasteiger charge is 2.12. The van der Waals surface area contributed by atoms with Crippen LogP contribution in [0.5, 0.6) is 0 Å². The number of carboxylic acid groups (broad SMARTS) is 1. The van der Waals surface area contributed by atoms with Crippen LogP contribution < -0.4 is 0 Å². The molecule has 0 bridgehead atoms. The van der Waals surface area contributed by atoms with Gasteiger partial charge in [-0.15, -0.1) is 11.3 Å². The molecular weight excluding hydrogens is 358 g/mol. The Labute approximate surface area is 162 Å². The molecule has 0 saturated carbocycles. The Morgan fingerprint density at radius 3 is 2.33 bits per heavy atom. The minimum Gasteiger partial charge on any atom is -0.481 e. The van der Waals surface area contributed by atoms with E-state index in [1.807, 2.05) is 18.2 Å². The molecule has 5 heteroatoms. The zero-order valence-corrected chi connectivity index (χ0v) is 15.7. The molecule has 0 aliphatic heterocycles. The quantitative estimate of drug-likeness (QED) is 0.418. The van der Waals surface area contributed by atoms with Crippen LogP contribution in [0.4, 0.5) is 0 Å². The minimum absolute atomic E-state index is 0.00364. The molecule has 0 atom stereocenters. The van der Waals surface area contributed by atoms with Gasteiger partial charge in [0.1, 0.15) is 0 Å². The number of benzene rings is 2. The number of carbonyl (C=O) groups is 2. The zero-order chi connectivity index (χ0) is 19.1. The first-order chi connectivity index (χ1) is 13.1. The predicted molar refractivity (Wildman–Crippen MR) is 107 cm³/mol. The van der Waals surface area contributed by atoms with Crippen LogP contribution >= 0.6 is 11.3 Å². The maximum Gasteiger partial charge on any atom is 0.309 e. The van der Waals surface area contributed by atoms with E-state index >= 15 is 0 Å². The van der Waals surface area contributed by atoms with Gasteiger partial charge in [-0.1, -0.05) is 54.6 Å². The van der Waals surface area contributed by atoms with Crippen molar-refractivity contribution in [2.45, 2.75) is 32.1 Å². The maximum atomic E-state index is 12.2. The molecule has 1 N–H and O–H groups in total. The molecule has 0 fully saturated rings. The molecule has 0 saturated heterocycles. The van der Waals surface area contributed by atoms with Crippen molar-refractivity contribution in [1.82, 2.24) is 4.98 Å². The van der Waals surface area contributed by atoms with Gasteiger partial charge in [-0.25, -0.2) is 4.98 Å². The van der Waals surface area contributed by atoms with Crippen molar-refractivity contribution >= 4 is 23.1 Å². The van der Waals surface area contributed by atoms with E-state index in [1.165, 1.54) is 28.0 Å². The summed E-state index contributed by atoms with van der Waals surface area (Å²) in [5.41, 5.74) is 4.13. The van der Waals surface area contributed by atoms with Crippen LogP contribution in [0.2, 0.25) is 0 Å². The van der Waals surface area contributed by atoms with E-state index in [1.54, 1.807) is 5.38 Å². The van der Waals surface area contributed by atoms with Crippen molar-refractivity contribution in [3.05, 3.63) is 76.2 Å². The summed E-state index contributed by atoms with van der Waals surface area (Å²) in [4.78, 5) is 26.9. The van der Waals surface area contributed by atoms with Crippen LogP contribution in [0.1, 0.15) is 40.3 Å². The van der Waals surface area contributed by atoms with E-state index in [2.05, 4.69) is 41.4 Å². The number of thiazole rings is 1. The van der Waals surface area contributed by atoms with Crippen molar-refractivity contribution in [3.8, 4) is 11.1 Å². The molecule has 2 aromatic carbocycles. The molecule has 0 radical (unpaired) electrons. The number of rotatable bonds is 9. The predicted octanol–water partition coefficient (Wildman–Crippen LogP) is 5.03. The third-order valence-electron chi connectivity index (χ3n) is 4.30. The number of aryl methyl sites for hydroxylation is 1. The molecule has 27 heavy (non-hydrogen) atoms. The van der Waals surface area contributed by atoms with E-state index in [9.17, 15) is 9.59 Å². The summed E-state index contributed by atoms with van der Waals surface area (Å²) in [7, 11) is 0. The number of nitrogens with zero attached hydrogens (tertiary/aromatic N) is 1. The highest BCUT2D eigenvalue weighted by molar-refractivity contribution is 7.11. The van der Waals surface area contributed by atoms with Gasteiger partial charge in [-0.2, -0.15) is 0 Å². The first-order valence-electron chi connectivity index (χ1n) is 8.95. The molecule has 0 amide bonds. The number of unbranched alkanes of at least 4 members (excludes halogenated alkanes) is 1. The lowest BCUT2D eigenvalue weighted by molar-refractivity contribution is -0.136. The Hall–Kier alpha value is -2.79. The van der Waals surface area contributed by atoms with Crippen LogP contribution in [0.3, 0.4) is 0 Å². The van der Waals surface area contributed by atoms with Gasteiger partial charge in [0, 0.05) is 11.8 Å². The van der Waals surface area contributed by atoms with E-state index in [4.69, 9.17) is 5.11 Å². The fourth-order valence-electron chi connectivity index (χ4n) is 2.89. The molecule has 1 heterocycles. The third-order valence-corrected chi connectivity index (χ3v) is 5.24. The van der Waals surface area contributed by atoms with Crippen LogP contribution in [0.15, 0.2) is 60.0 Å². The number of hydrogen-bond acceptors (Lipinski definition) is 4. The van der Waals surface area contributed by atoms with Gasteiger partial charge in [0.15, 0.2) is 10.8 Å². The number of aromatic nitrogens is 1. The average molecular weight is 379 g/mol. The Morgan fingerprint density at radius 1 is 0.926 bits per heavy atom. The fourth-order valence-corrected chi connectivity index (χ4v) is 3.67. The standard InChI is InChI=1S/C22H21NO3S/c24-20(22-23-19(15-27-22)14-21(25)26)9-5-4-6-16-10-12-18(13-11-16)17-7-2-1-3-8-17/h1-3,7-8,10-13,15H,4-6,9,14H2,(H,25,26). The maximum absolute atomic E-state index is 12.2. The molecule has 3 aromatic rings. The molecule has 0 spiro atoms. The van der Waals surface area contributed by atoms with Crippen molar-refractivity contribution in [2.75, 3.05) is 0 Å². The molecular formula is C22H21NO3S. The molecule has 3 rings (SSSR count). The van der Waals surface area contributed by atoms with E-state index in [0.717, 1.165) is 19.3 Å². The van der Waals surface area contributed by atoms with Gasteiger partial charge in [-0.3, -0.25) is 9.59 Å². The Bertz CT molecular complexity index is 901. The number of ketones is 1. The zero-order valence-electron chi connectivity index (χ0n) is 14.9. The lowest BCUT2D eigenvalue weighted by Crippen LogP contribution is -2.03. The number of carbonyl (C=O) groups excluding carboxylic acids is 1. The Morgan fingerprint density at radius 2 is 1.63 bits per heavy atom. The lowest BCUT2D eigenvalue weighted by Gasteiger charge is -2.04. The topological polar surface area (TPSA) is 67.3 Å². The normalized spacial score (nSPS) is 10.7. The smallest absolute Gasteiger partial charge is 0.309 e. The second-order valence-electron chi connectivity index (χ2n) is 6.41. The second-order valence-corrected chi connectivity index (χ2v) is 7.27. The summed E-state index contributed by atoms with van der Waals surface area (Å²) in [6, 6.07) is 18.8. The monoisotopic (exact) mass is 379 g/mol. The third kappa shape index (κ3) is 5.59. The SMILES string of the molecule is O=C(O)Cc1csc(C(=O)CCCCc2ccc(-c3ccccc3)cc2)n1. The molecule has 138 valence electrons. The summed E-state index contributed by atoms with van der Waals surface area (Å²) >= 11 is 1.23. The van der Waals surface area contributed by atoms with Crippen molar-refractivity contribution in [2.24, 2.45) is 0 Å². The highest BCUT2D eigenvalue weighted by Crippen LogP contribution is 2.20. The lowest BCUT2D eigenvalue weighted by atomic mass is 10.0. The number of Topliss-reactive ketones (excluding diaryl/α,β-unsaturated/α-hetero) is 1. The summed E-state index contributed by atoms with van der Waals surface area (Å²) in [6.07, 6.45) is 2.98. The summed E-state index contributed by atoms with van der Waals surface area (Å²) in [5, 5.41) is 10.8.